The molecule has 1 aromatic rings. The van der Waals surface area contributed by atoms with Crippen LogP contribution in [0, 0.1) is 11.8 Å². The largest absolute Gasteiger partial charge is 0.339 e. The van der Waals surface area contributed by atoms with Gasteiger partial charge in [0.05, 0.1) is 5.75 Å². The number of rotatable bonds is 9. The van der Waals surface area contributed by atoms with Gasteiger partial charge < -0.3 is 10.3 Å². The third kappa shape index (κ3) is 6.40. The van der Waals surface area contributed by atoms with Crippen LogP contribution in [0.4, 0.5) is 0 Å². The molecular weight excluding hydrogens is 246 g/mol. The van der Waals surface area contributed by atoms with E-state index in [0.717, 1.165) is 49.0 Å². The van der Waals surface area contributed by atoms with Crippen molar-refractivity contribution in [1.82, 2.24) is 10.1 Å². The summed E-state index contributed by atoms with van der Waals surface area (Å²) in [6, 6.07) is 0. The Labute approximate surface area is 114 Å². The van der Waals surface area contributed by atoms with Gasteiger partial charge >= 0.3 is 0 Å². The van der Waals surface area contributed by atoms with Gasteiger partial charge in [-0.3, -0.25) is 0 Å². The van der Waals surface area contributed by atoms with Crippen molar-refractivity contribution in [3.05, 3.63) is 11.7 Å². The van der Waals surface area contributed by atoms with E-state index in [1.54, 1.807) is 0 Å². The summed E-state index contributed by atoms with van der Waals surface area (Å²) in [5, 5.41) is 4.01. The molecule has 0 aliphatic rings. The highest BCUT2D eigenvalue weighted by Gasteiger charge is 2.09. The second-order valence-electron chi connectivity index (χ2n) is 5.23. The summed E-state index contributed by atoms with van der Waals surface area (Å²) in [5.41, 5.74) is 5.53. The Morgan fingerprint density at radius 2 is 2.06 bits per heavy atom. The van der Waals surface area contributed by atoms with Crippen LogP contribution in [0.1, 0.15) is 45.3 Å². The van der Waals surface area contributed by atoms with Crippen molar-refractivity contribution in [3.63, 3.8) is 0 Å². The van der Waals surface area contributed by atoms with E-state index in [1.807, 2.05) is 11.8 Å². The lowest BCUT2D eigenvalue weighted by atomic mass is 10.0. The topological polar surface area (TPSA) is 64.9 Å². The molecule has 2 N–H and O–H groups in total. The van der Waals surface area contributed by atoms with Gasteiger partial charge in [-0.25, -0.2) is 0 Å². The Morgan fingerprint density at radius 1 is 1.28 bits per heavy atom. The van der Waals surface area contributed by atoms with Crippen molar-refractivity contribution >= 4 is 11.8 Å². The molecule has 104 valence electrons. The minimum absolute atomic E-state index is 0.626. The number of aryl methyl sites for hydroxylation is 1. The summed E-state index contributed by atoms with van der Waals surface area (Å²) in [6.45, 7) is 7.39. The zero-order valence-electron chi connectivity index (χ0n) is 11.7. The van der Waals surface area contributed by atoms with Crippen molar-refractivity contribution in [2.45, 2.75) is 45.8 Å². The number of hydrogen-bond acceptors (Lipinski definition) is 5. The van der Waals surface area contributed by atoms with E-state index in [-0.39, 0.29) is 0 Å². The lowest BCUT2D eigenvalue weighted by molar-refractivity contribution is 0.359. The fourth-order valence-corrected chi connectivity index (χ4v) is 2.52. The average Bonchev–Trinajstić information content (AvgIpc) is 2.74. The molecule has 18 heavy (non-hydrogen) atoms. The van der Waals surface area contributed by atoms with Gasteiger partial charge in [-0.15, -0.1) is 0 Å². The number of nitrogens with two attached hydrogens (primary N) is 1. The van der Waals surface area contributed by atoms with E-state index in [1.165, 1.54) is 0 Å². The molecule has 0 radical (unpaired) electrons. The molecule has 0 aliphatic carbocycles. The van der Waals surface area contributed by atoms with E-state index in [9.17, 15) is 0 Å². The van der Waals surface area contributed by atoms with Crippen molar-refractivity contribution in [1.29, 1.82) is 0 Å². The number of hydrogen-bond donors (Lipinski definition) is 1. The molecule has 0 fully saturated rings. The Bertz CT molecular complexity index is 328. The number of thioether (sulfide) groups is 1. The van der Waals surface area contributed by atoms with Crippen molar-refractivity contribution in [3.8, 4) is 0 Å². The van der Waals surface area contributed by atoms with Crippen LogP contribution in [-0.2, 0) is 12.2 Å². The van der Waals surface area contributed by atoms with Crippen LogP contribution in [0.3, 0.4) is 0 Å². The molecule has 0 spiro atoms. The molecule has 5 heteroatoms. The van der Waals surface area contributed by atoms with Gasteiger partial charge in [-0.2, -0.15) is 16.7 Å². The minimum atomic E-state index is 0.626. The molecule has 0 bridgehead atoms. The van der Waals surface area contributed by atoms with Gasteiger partial charge in [-0.05, 0) is 37.0 Å². The summed E-state index contributed by atoms with van der Waals surface area (Å²) in [5.74, 6) is 4.90. The summed E-state index contributed by atoms with van der Waals surface area (Å²) >= 11 is 1.86. The first-order chi connectivity index (χ1) is 8.61. The zero-order chi connectivity index (χ0) is 13.4. The van der Waals surface area contributed by atoms with E-state index >= 15 is 0 Å². The van der Waals surface area contributed by atoms with Crippen LogP contribution in [0.25, 0.3) is 0 Å². The Balaban J connectivity index is 2.25. The van der Waals surface area contributed by atoms with Crippen molar-refractivity contribution < 1.29 is 4.52 Å². The molecule has 1 atom stereocenters. The lowest BCUT2D eigenvalue weighted by Crippen LogP contribution is -2.06. The maximum Gasteiger partial charge on any atom is 0.226 e. The molecule has 0 saturated carbocycles. The fraction of sp³-hybridized carbons (Fsp3) is 0.846. The monoisotopic (exact) mass is 271 g/mol. The molecular formula is C13H25N3OS. The second-order valence-corrected chi connectivity index (χ2v) is 6.26. The molecule has 0 aromatic carbocycles. The molecule has 1 aromatic heterocycles. The van der Waals surface area contributed by atoms with Crippen LogP contribution < -0.4 is 5.73 Å². The summed E-state index contributed by atoms with van der Waals surface area (Å²) < 4.78 is 5.25. The average molecular weight is 271 g/mol. The molecule has 0 amide bonds. The van der Waals surface area contributed by atoms with Crippen LogP contribution in [0.15, 0.2) is 4.52 Å². The third-order valence-corrected chi connectivity index (χ3v) is 4.07. The maximum absolute atomic E-state index is 5.53. The standard InChI is InChI=1S/C13H25N3OS/c1-10(2)8-18-9-12-15-13(17-16-12)5-4-11(3)6-7-14/h10-11H,4-9,14H2,1-3H3. The molecule has 4 nitrogen and oxygen atoms in total. The van der Waals surface area contributed by atoms with Crippen LogP contribution >= 0.6 is 11.8 Å². The van der Waals surface area contributed by atoms with Crippen molar-refractivity contribution in [2.75, 3.05) is 12.3 Å². The number of aromatic nitrogens is 2. The molecule has 1 rings (SSSR count). The minimum Gasteiger partial charge on any atom is -0.339 e. The summed E-state index contributed by atoms with van der Waals surface area (Å²) in [4.78, 5) is 4.41. The quantitative estimate of drug-likeness (QED) is 0.748. The third-order valence-electron chi connectivity index (χ3n) is 2.70. The molecule has 1 heterocycles. The van der Waals surface area contributed by atoms with Gasteiger partial charge in [0.25, 0.3) is 0 Å². The van der Waals surface area contributed by atoms with E-state index in [2.05, 4.69) is 30.9 Å². The first-order valence-electron chi connectivity index (χ1n) is 6.71. The van der Waals surface area contributed by atoms with Gasteiger partial charge in [0.1, 0.15) is 0 Å². The SMILES string of the molecule is CC(C)CSCc1noc(CCC(C)CCN)n1. The first-order valence-corrected chi connectivity index (χ1v) is 7.86. The van der Waals surface area contributed by atoms with E-state index in [4.69, 9.17) is 10.3 Å². The molecule has 0 aliphatic heterocycles. The number of nitrogens with zero attached hydrogens (tertiary/aromatic N) is 2. The highest BCUT2D eigenvalue weighted by molar-refractivity contribution is 7.98. The van der Waals surface area contributed by atoms with Crippen molar-refractivity contribution in [2.24, 2.45) is 17.6 Å². The van der Waals surface area contributed by atoms with Crippen LogP contribution in [0.5, 0.6) is 0 Å². The van der Waals surface area contributed by atoms with Gasteiger partial charge in [0.2, 0.25) is 5.89 Å². The van der Waals surface area contributed by atoms with Gasteiger partial charge in [0, 0.05) is 6.42 Å². The van der Waals surface area contributed by atoms with Gasteiger partial charge in [-0.1, -0.05) is 25.9 Å². The first kappa shape index (κ1) is 15.5. The highest BCUT2D eigenvalue weighted by atomic mass is 32.2. The molecule has 0 saturated heterocycles. The Morgan fingerprint density at radius 3 is 2.72 bits per heavy atom. The van der Waals surface area contributed by atoms with Crippen LogP contribution in [-0.4, -0.2) is 22.4 Å². The highest BCUT2D eigenvalue weighted by Crippen LogP contribution is 2.15. The Kier molecular flexibility index (Phi) is 7.35. The van der Waals surface area contributed by atoms with Crippen LogP contribution in [0.2, 0.25) is 0 Å². The second kappa shape index (κ2) is 8.53. The smallest absolute Gasteiger partial charge is 0.226 e. The predicted molar refractivity (Wildman–Crippen MR) is 76.5 cm³/mol. The van der Waals surface area contributed by atoms with Gasteiger partial charge in [0.15, 0.2) is 5.82 Å². The Hall–Kier alpha value is -0.550. The predicted octanol–water partition coefficient (Wildman–Crippen LogP) is 2.88. The van der Waals surface area contributed by atoms with E-state index < -0.39 is 0 Å². The lowest BCUT2D eigenvalue weighted by Gasteiger charge is -2.06. The maximum atomic E-state index is 5.53. The summed E-state index contributed by atoms with van der Waals surface area (Å²) in [7, 11) is 0. The molecule has 1 unspecified atom stereocenters. The van der Waals surface area contributed by atoms with E-state index in [0.29, 0.717) is 11.8 Å². The summed E-state index contributed by atoms with van der Waals surface area (Å²) in [6.07, 6.45) is 2.99. The zero-order valence-corrected chi connectivity index (χ0v) is 12.5. The normalized spacial score (nSPS) is 13.2. The fourth-order valence-electron chi connectivity index (χ4n) is 1.63.